The molecule has 1 fully saturated rings. The predicted octanol–water partition coefficient (Wildman–Crippen LogP) is -0.368. The minimum atomic E-state index is -0.993. The van der Waals surface area contributed by atoms with E-state index >= 15 is 0 Å². The van der Waals surface area contributed by atoms with Gasteiger partial charge in [-0.15, -0.1) is 0 Å². The molecular formula is C10H14N4O4. The molecule has 0 unspecified atom stereocenters. The van der Waals surface area contributed by atoms with E-state index in [1.54, 1.807) is 0 Å². The van der Waals surface area contributed by atoms with Crippen LogP contribution in [-0.2, 0) is 4.74 Å². The van der Waals surface area contributed by atoms with Gasteiger partial charge in [-0.1, -0.05) is 5.18 Å². The summed E-state index contributed by atoms with van der Waals surface area (Å²) in [5.41, 5.74) is 3.88. The third kappa shape index (κ3) is 2.24. The summed E-state index contributed by atoms with van der Waals surface area (Å²) in [4.78, 5) is 25.6. The Kier molecular flexibility index (Phi) is 3.39. The number of nitrogens with two attached hydrogens (primary N) is 1. The zero-order chi connectivity index (χ0) is 13.2. The highest BCUT2D eigenvalue weighted by Gasteiger charge is 2.41. The smallest absolute Gasteiger partial charge is 0.351 e. The average Bonchev–Trinajstić information content (AvgIpc) is 2.74. The maximum absolute atomic E-state index is 11.6. The van der Waals surface area contributed by atoms with Crippen molar-refractivity contribution in [3.05, 3.63) is 27.7 Å². The second kappa shape index (κ2) is 4.83. The largest absolute Gasteiger partial charge is 0.393 e. The lowest BCUT2D eigenvalue weighted by Crippen LogP contribution is -2.37. The number of hydrogen-bond acceptors (Lipinski definition) is 7. The number of nitrogens with zero attached hydrogens (tertiary/aromatic N) is 3. The number of aromatic nitrogens is 2. The summed E-state index contributed by atoms with van der Waals surface area (Å²) in [5.74, 6) is 0.136. The summed E-state index contributed by atoms with van der Waals surface area (Å²) >= 11 is 0. The van der Waals surface area contributed by atoms with Crippen LogP contribution in [0.2, 0.25) is 0 Å². The van der Waals surface area contributed by atoms with Crippen LogP contribution in [0.5, 0.6) is 0 Å². The van der Waals surface area contributed by atoms with E-state index in [4.69, 9.17) is 10.5 Å². The van der Waals surface area contributed by atoms with E-state index < -0.39 is 17.5 Å². The van der Waals surface area contributed by atoms with E-state index in [-0.39, 0.29) is 19.0 Å². The third-order valence-electron chi connectivity index (χ3n) is 3.04. The molecule has 2 rings (SSSR count). The molecule has 1 saturated heterocycles. The minimum Gasteiger partial charge on any atom is -0.393 e. The highest BCUT2D eigenvalue weighted by molar-refractivity contribution is 5.23. The second-order valence-corrected chi connectivity index (χ2v) is 4.28. The summed E-state index contributed by atoms with van der Waals surface area (Å²) in [7, 11) is 0. The van der Waals surface area contributed by atoms with Crippen molar-refractivity contribution in [3.63, 3.8) is 0 Å². The van der Waals surface area contributed by atoms with Crippen molar-refractivity contribution in [2.45, 2.75) is 24.7 Å². The fraction of sp³-hybridized carbons (Fsp3) is 0.600. The summed E-state index contributed by atoms with van der Waals surface area (Å²) in [6.45, 7) is -0.455. The van der Waals surface area contributed by atoms with Gasteiger partial charge in [-0.3, -0.25) is 4.57 Å². The Bertz CT molecular complexity index is 503. The molecule has 1 aromatic heterocycles. The molecule has 1 aromatic rings. The minimum absolute atomic E-state index is 0.136. The molecule has 2 heterocycles. The van der Waals surface area contributed by atoms with E-state index in [9.17, 15) is 14.8 Å². The number of ether oxygens (including phenoxy) is 1. The first-order valence-corrected chi connectivity index (χ1v) is 5.53. The normalized spacial score (nSPS) is 27.3. The number of rotatable bonds is 4. The molecule has 2 atom stereocenters. The van der Waals surface area contributed by atoms with Gasteiger partial charge in [0.2, 0.25) is 0 Å². The van der Waals surface area contributed by atoms with Gasteiger partial charge in [-0.05, 0) is 18.9 Å². The Hall–Kier alpha value is -1.80. The van der Waals surface area contributed by atoms with E-state index in [0.29, 0.717) is 12.8 Å². The fourth-order valence-electron chi connectivity index (χ4n) is 2.03. The topological polar surface area (TPSA) is 120 Å². The molecule has 0 amide bonds. The van der Waals surface area contributed by atoms with Gasteiger partial charge in [-0.2, -0.15) is 9.89 Å². The molecule has 0 saturated carbocycles. The standard InChI is InChI=1S/C10H14N4O4/c11-7-2-4-14(9(16)13-7)8-1-3-10(6-15,18-8)5-12-17/h2,4,8,15H,1,3,5-6H2,(H2,11,13,16)/t8-,10-/m1/s1. The van der Waals surface area contributed by atoms with Crippen molar-refractivity contribution < 1.29 is 9.84 Å². The van der Waals surface area contributed by atoms with Gasteiger partial charge in [0, 0.05) is 6.20 Å². The second-order valence-electron chi connectivity index (χ2n) is 4.28. The molecule has 0 spiro atoms. The molecule has 18 heavy (non-hydrogen) atoms. The molecule has 3 N–H and O–H groups in total. The van der Waals surface area contributed by atoms with Crippen molar-refractivity contribution in [3.8, 4) is 0 Å². The fourth-order valence-corrected chi connectivity index (χ4v) is 2.03. The van der Waals surface area contributed by atoms with E-state index in [1.807, 2.05) is 0 Å². The van der Waals surface area contributed by atoms with Gasteiger partial charge >= 0.3 is 5.69 Å². The van der Waals surface area contributed by atoms with Crippen molar-refractivity contribution >= 4 is 5.82 Å². The molecule has 8 heteroatoms. The molecule has 0 aromatic carbocycles. The van der Waals surface area contributed by atoms with Gasteiger partial charge in [-0.25, -0.2) is 4.79 Å². The van der Waals surface area contributed by atoms with Gasteiger partial charge in [0.1, 0.15) is 24.2 Å². The van der Waals surface area contributed by atoms with Crippen LogP contribution in [-0.4, -0.2) is 33.4 Å². The van der Waals surface area contributed by atoms with Crippen LogP contribution in [0.4, 0.5) is 5.82 Å². The first-order chi connectivity index (χ1) is 8.60. The Balaban J connectivity index is 2.22. The van der Waals surface area contributed by atoms with Crippen LogP contribution in [0.3, 0.4) is 0 Å². The van der Waals surface area contributed by atoms with Crippen LogP contribution in [0.25, 0.3) is 0 Å². The van der Waals surface area contributed by atoms with E-state index in [2.05, 4.69) is 10.2 Å². The Morgan fingerprint density at radius 2 is 2.50 bits per heavy atom. The lowest BCUT2D eigenvalue weighted by atomic mass is 10.0. The zero-order valence-corrected chi connectivity index (χ0v) is 9.65. The molecule has 1 aliphatic heterocycles. The lowest BCUT2D eigenvalue weighted by Gasteiger charge is -2.24. The van der Waals surface area contributed by atoms with Crippen molar-refractivity contribution in [2.75, 3.05) is 18.9 Å². The number of nitrogen functional groups attached to an aromatic ring is 1. The summed E-state index contributed by atoms with van der Waals surface area (Å²) < 4.78 is 6.87. The summed E-state index contributed by atoms with van der Waals surface area (Å²) in [6.07, 6.45) is 1.88. The maximum Gasteiger partial charge on any atom is 0.351 e. The molecule has 0 radical (unpaired) electrons. The first kappa shape index (κ1) is 12.7. The van der Waals surface area contributed by atoms with Gasteiger partial charge in [0.15, 0.2) is 0 Å². The third-order valence-corrected chi connectivity index (χ3v) is 3.04. The Morgan fingerprint density at radius 1 is 1.72 bits per heavy atom. The molecule has 0 aliphatic carbocycles. The zero-order valence-electron chi connectivity index (χ0n) is 9.65. The van der Waals surface area contributed by atoms with Crippen LogP contribution in [0.1, 0.15) is 19.1 Å². The van der Waals surface area contributed by atoms with Gasteiger partial charge < -0.3 is 15.6 Å². The summed E-state index contributed by atoms with van der Waals surface area (Å²) in [6, 6.07) is 1.49. The van der Waals surface area contributed by atoms with Crippen LogP contribution in [0.15, 0.2) is 22.2 Å². The number of aliphatic hydroxyl groups excluding tert-OH is 1. The van der Waals surface area contributed by atoms with Crippen molar-refractivity contribution in [1.82, 2.24) is 9.55 Å². The molecule has 8 nitrogen and oxygen atoms in total. The first-order valence-electron chi connectivity index (χ1n) is 5.53. The Labute approximate surface area is 102 Å². The van der Waals surface area contributed by atoms with Crippen LogP contribution in [0, 0.1) is 4.91 Å². The summed E-state index contributed by atoms with van der Waals surface area (Å²) in [5, 5.41) is 12.0. The molecular weight excluding hydrogens is 240 g/mol. The van der Waals surface area contributed by atoms with Crippen molar-refractivity contribution in [2.24, 2.45) is 5.18 Å². The monoisotopic (exact) mass is 254 g/mol. The average molecular weight is 254 g/mol. The number of anilines is 1. The highest BCUT2D eigenvalue weighted by atomic mass is 16.5. The predicted molar refractivity (Wildman–Crippen MR) is 62.7 cm³/mol. The van der Waals surface area contributed by atoms with Gasteiger partial charge in [0.25, 0.3) is 0 Å². The number of aliphatic hydroxyl groups is 1. The van der Waals surface area contributed by atoms with Gasteiger partial charge in [0.05, 0.1) is 6.61 Å². The quantitative estimate of drug-likeness (QED) is 0.707. The molecule has 98 valence electrons. The number of hydrogen-bond donors (Lipinski definition) is 2. The van der Waals surface area contributed by atoms with Crippen molar-refractivity contribution in [1.29, 1.82) is 0 Å². The van der Waals surface area contributed by atoms with Crippen LogP contribution < -0.4 is 11.4 Å². The van der Waals surface area contributed by atoms with Crippen LogP contribution >= 0.6 is 0 Å². The molecule has 1 aliphatic rings. The van der Waals surface area contributed by atoms with E-state index in [1.165, 1.54) is 16.8 Å². The highest BCUT2D eigenvalue weighted by Crippen LogP contribution is 2.35. The molecule has 0 bridgehead atoms. The number of nitroso groups, excluding NO2 is 1. The lowest BCUT2D eigenvalue weighted by molar-refractivity contribution is -0.0932. The Morgan fingerprint density at radius 3 is 3.11 bits per heavy atom. The maximum atomic E-state index is 11.6. The SMILES string of the molecule is Nc1ccn([C@H]2CC[C@](CO)(CN=O)O2)c(=O)n1. The van der Waals surface area contributed by atoms with E-state index in [0.717, 1.165) is 0 Å².